The maximum absolute atomic E-state index is 13.7. The largest absolute Gasteiger partial charge is 0.457 e. The molecule has 0 spiro atoms. The molecule has 4 rings (SSSR count). The zero-order chi connectivity index (χ0) is 25.6. The van der Waals surface area contributed by atoms with E-state index in [4.69, 9.17) is 9.47 Å². The average molecular weight is 489 g/mol. The molecule has 3 saturated carbocycles. The number of carbonyl (C=O) groups is 4. The van der Waals surface area contributed by atoms with Gasteiger partial charge in [0.25, 0.3) is 0 Å². The fourth-order valence-electron chi connectivity index (χ4n) is 8.16. The molecule has 3 fully saturated rings. The van der Waals surface area contributed by atoms with E-state index >= 15 is 0 Å². The number of allylic oxidation sites excluding steroid dienone is 1. The third-order valence-electron chi connectivity index (χ3n) is 9.86. The first-order valence-corrected chi connectivity index (χ1v) is 13.3. The second-order valence-electron chi connectivity index (χ2n) is 11.6. The van der Waals surface area contributed by atoms with Crippen molar-refractivity contribution in [2.24, 2.45) is 28.6 Å². The number of carbonyl (C=O) groups excluding carboxylic acids is 4. The van der Waals surface area contributed by atoms with Crippen molar-refractivity contribution in [1.29, 1.82) is 0 Å². The first-order chi connectivity index (χ1) is 16.5. The minimum Gasteiger partial charge on any atom is -0.457 e. The molecule has 0 unspecified atom stereocenters. The van der Waals surface area contributed by atoms with Crippen molar-refractivity contribution in [2.45, 2.75) is 104 Å². The first-order valence-electron chi connectivity index (χ1n) is 13.3. The van der Waals surface area contributed by atoms with E-state index < -0.39 is 35.7 Å². The number of hydrogen-bond donors (Lipinski definition) is 1. The number of aliphatic hydroxyl groups excluding tert-OH is 1. The molecule has 0 aromatic heterocycles. The lowest BCUT2D eigenvalue weighted by Gasteiger charge is -2.60. The Hall–Kier alpha value is -2.02. The van der Waals surface area contributed by atoms with E-state index in [1.807, 2.05) is 13.8 Å². The number of Topliss-reactive ketones (excluding diaryl/α,β-unsaturated/α-hetero) is 1. The Kier molecular flexibility index (Phi) is 7.04. The minimum atomic E-state index is -1.41. The van der Waals surface area contributed by atoms with Crippen LogP contribution in [0.1, 0.15) is 91.9 Å². The molecule has 194 valence electrons. The number of hydrogen-bond acceptors (Lipinski definition) is 7. The summed E-state index contributed by atoms with van der Waals surface area (Å²) in [4.78, 5) is 50.4. The van der Waals surface area contributed by atoms with Gasteiger partial charge in [0.1, 0.15) is 0 Å². The number of aliphatic hydroxyl groups is 1. The fourth-order valence-corrected chi connectivity index (χ4v) is 8.16. The van der Waals surface area contributed by atoms with E-state index in [0.29, 0.717) is 32.1 Å². The van der Waals surface area contributed by atoms with E-state index in [-0.39, 0.29) is 47.6 Å². The predicted molar refractivity (Wildman–Crippen MR) is 128 cm³/mol. The van der Waals surface area contributed by atoms with Gasteiger partial charge >= 0.3 is 11.9 Å². The van der Waals surface area contributed by atoms with Crippen molar-refractivity contribution < 1.29 is 33.8 Å². The Balaban J connectivity index is 1.68. The molecule has 0 saturated heterocycles. The van der Waals surface area contributed by atoms with Crippen LogP contribution >= 0.6 is 0 Å². The molecule has 0 heterocycles. The van der Waals surface area contributed by atoms with Gasteiger partial charge in [0.2, 0.25) is 5.78 Å². The van der Waals surface area contributed by atoms with Gasteiger partial charge < -0.3 is 14.6 Å². The molecule has 7 nitrogen and oxygen atoms in total. The molecule has 1 N–H and O–H groups in total. The Morgan fingerprint density at radius 3 is 2.51 bits per heavy atom. The molecule has 7 atom stereocenters. The molecule has 0 aromatic carbocycles. The van der Waals surface area contributed by atoms with E-state index in [0.717, 1.165) is 24.8 Å². The fraction of sp³-hybridized carbons (Fsp3) is 0.786. The highest BCUT2D eigenvalue weighted by molar-refractivity contribution is 5.93. The van der Waals surface area contributed by atoms with Crippen molar-refractivity contribution in [2.75, 3.05) is 6.61 Å². The summed E-state index contributed by atoms with van der Waals surface area (Å²) in [7, 11) is 0. The van der Waals surface area contributed by atoms with Crippen molar-refractivity contribution in [3.05, 3.63) is 11.6 Å². The summed E-state index contributed by atoms with van der Waals surface area (Å²) < 4.78 is 11.3. The Bertz CT molecular complexity index is 938. The summed E-state index contributed by atoms with van der Waals surface area (Å²) in [5.41, 5.74) is -1.25. The predicted octanol–water partition coefficient (Wildman–Crippen LogP) is 4.09. The van der Waals surface area contributed by atoms with Crippen molar-refractivity contribution >= 4 is 23.5 Å². The lowest BCUT2D eigenvalue weighted by molar-refractivity contribution is -0.202. The highest BCUT2D eigenvalue weighted by Gasteiger charge is 2.70. The molecular formula is C28H40O7. The topological polar surface area (TPSA) is 107 Å². The second-order valence-corrected chi connectivity index (χ2v) is 11.6. The zero-order valence-electron chi connectivity index (χ0n) is 21.6. The average Bonchev–Trinajstić information content (AvgIpc) is 3.10. The van der Waals surface area contributed by atoms with Gasteiger partial charge in [0.15, 0.2) is 18.0 Å². The van der Waals surface area contributed by atoms with Crippen LogP contribution in [-0.4, -0.2) is 46.9 Å². The van der Waals surface area contributed by atoms with Crippen LogP contribution in [0.3, 0.4) is 0 Å². The zero-order valence-corrected chi connectivity index (χ0v) is 21.6. The van der Waals surface area contributed by atoms with Gasteiger partial charge in [-0.3, -0.25) is 19.2 Å². The Morgan fingerprint density at radius 2 is 1.83 bits per heavy atom. The third kappa shape index (κ3) is 4.08. The van der Waals surface area contributed by atoms with Crippen LogP contribution in [0.4, 0.5) is 0 Å². The maximum Gasteiger partial charge on any atom is 0.306 e. The smallest absolute Gasteiger partial charge is 0.306 e. The van der Waals surface area contributed by atoms with Gasteiger partial charge in [-0.05, 0) is 74.2 Å². The first kappa shape index (κ1) is 26.1. The molecule has 7 heteroatoms. The van der Waals surface area contributed by atoms with Crippen LogP contribution in [0.25, 0.3) is 0 Å². The van der Waals surface area contributed by atoms with Gasteiger partial charge in [0, 0.05) is 24.7 Å². The Labute approximate surface area is 208 Å². The molecule has 4 aliphatic carbocycles. The van der Waals surface area contributed by atoms with Crippen LogP contribution < -0.4 is 0 Å². The number of esters is 2. The van der Waals surface area contributed by atoms with E-state index in [1.54, 1.807) is 13.0 Å². The SMILES string of the molecule is CCCC(=O)OCC(=O)[C@@]1(OC(=O)CC)CC[C@H]2[C@@H]3CCC4=CC(=O)CC[C@]4(C)[C@H]3[C@@H](O)C[C@@]21C. The summed E-state index contributed by atoms with van der Waals surface area (Å²) >= 11 is 0. The molecular weight excluding hydrogens is 448 g/mol. The summed E-state index contributed by atoms with van der Waals surface area (Å²) in [5, 5.41) is 11.6. The van der Waals surface area contributed by atoms with Crippen LogP contribution in [0.15, 0.2) is 11.6 Å². The van der Waals surface area contributed by atoms with Crippen LogP contribution in [0, 0.1) is 28.6 Å². The molecule has 4 aliphatic rings. The van der Waals surface area contributed by atoms with Gasteiger partial charge in [-0.15, -0.1) is 0 Å². The summed E-state index contributed by atoms with van der Waals surface area (Å²) in [6, 6.07) is 0. The van der Waals surface area contributed by atoms with Gasteiger partial charge in [-0.25, -0.2) is 0 Å². The standard InChI is InChI=1S/C28H40O7/c1-5-7-24(33)34-16-22(31)28(35-23(32)6-2)13-11-20-19-9-8-17-14-18(29)10-12-26(17,3)25(19)21(30)15-27(20,28)4/h14,19-21,25,30H,5-13,15-16H2,1-4H3/t19-,20-,21-,25+,26-,27-,28-/m0/s1. The molecule has 0 radical (unpaired) electrons. The summed E-state index contributed by atoms with van der Waals surface area (Å²) in [6.45, 7) is 7.31. The second kappa shape index (κ2) is 9.45. The van der Waals surface area contributed by atoms with Crippen LogP contribution in [-0.2, 0) is 28.7 Å². The van der Waals surface area contributed by atoms with Crippen molar-refractivity contribution in [1.82, 2.24) is 0 Å². The number of fused-ring (bicyclic) bond motifs is 5. The maximum atomic E-state index is 13.7. The Morgan fingerprint density at radius 1 is 1.09 bits per heavy atom. The molecule has 35 heavy (non-hydrogen) atoms. The van der Waals surface area contributed by atoms with Crippen molar-refractivity contribution in [3.63, 3.8) is 0 Å². The lowest BCUT2D eigenvalue weighted by Crippen LogP contribution is -2.63. The van der Waals surface area contributed by atoms with Crippen LogP contribution in [0.5, 0.6) is 0 Å². The van der Waals surface area contributed by atoms with Gasteiger partial charge in [0.05, 0.1) is 6.10 Å². The van der Waals surface area contributed by atoms with E-state index in [1.165, 1.54) is 0 Å². The normalized spacial score (nSPS) is 40.1. The molecule has 0 amide bonds. The monoisotopic (exact) mass is 488 g/mol. The number of rotatable bonds is 7. The summed E-state index contributed by atoms with van der Waals surface area (Å²) in [6.07, 6.45) is 6.42. The van der Waals surface area contributed by atoms with Crippen molar-refractivity contribution in [3.8, 4) is 0 Å². The number of ketones is 2. The minimum absolute atomic E-state index is 0.00355. The van der Waals surface area contributed by atoms with E-state index in [9.17, 15) is 24.3 Å². The highest BCUT2D eigenvalue weighted by Crippen LogP contribution is 2.68. The van der Waals surface area contributed by atoms with Gasteiger partial charge in [-0.2, -0.15) is 0 Å². The van der Waals surface area contributed by atoms with Crippen LogP contribution in [0.2, 0.25) is 0 Å². The lowest BCUT2D eigenvalue weighted by atomic mass is 9.45. The molecule has 0 bridgehead atoms. The quantitative estimate of drug-likeness (QED) is 0.538. The van der Waals surface area contributed by atoms with Gasteiger partial charge in [-0.1, -0.05) is 33.3 Å². The molecule has 0 aliphatic heterocycles. The molecule has 0 aromatic rings. The van der Waals surface area contributed by atoms with E-state index in [2.05, 4.69) is 6.92 Å². The summed E-state index contributed by atoms with van der Waals surface area (Å²) in [5.74, 6) is -0.852. The highest BCUT2D eigenvalue weighted by atomic mass is 16.6. The third-order valence-corrected chi connectivity index (χ3v) is 9.86. The number of ether oxygens (including phenoxy) is 2.